The van der Waals surface area contributed by atoms with Gasteiger partial charge in [0, 0.05) is 25.0 Å². The largest absolute Gasteiger partial charge is 0.347 e. The highest BCUT2D eigenvalue weighted by molar-refractivity contribution is 7.15. The average molecular weight is 261 g/mol. The third-order valence-corrected chi connectivity index (χ3v) is 4.11. The second kappa shape index (κ2) is 5.98. The van der Waals surface area contributed by atoms with Crippen molar-refractivity contribution >= 4 is 16.5 Å². The lowest BCUT2D eigenvalue weighted by Gasteiger charge is -2.15. The fraction of sp³-hybridized carbons (Fsp3) is 0.357. The summed E-state index contributed by atoms with van der Waals surface area (Å²) >= 11 is 1.70. The minimum absolute atomic E-state index is 0.583. The van der Waals surface area contributed by atoms with Gasteiger partial charge < -0.3 is 10.6 Å². The fourth-order valence-corrected chi connectivity index (χ4v) is 2.88. The van der Waals surface area contributed by atoms with Crippen LogP contribution in [0.15, 0.2) is 30.3 Å². The third kappa shape index (κ3) is 2.89. The van der Waals surface area contributed by atoms with Crippen LogP contribution in [-0.2, 0) is 19.5 Å². The van der Waals surface area contributed by atoms with Crippen molar-refractivity contribution in [2.75, 3.05) is 11.9 Å². The van der Waals surface area contributed by atoms with Crippen LogP contribution < -0.4 is 10.6 Å². The first-order chi connectivity index (χ1) is 8.74. The lowest BCUT2D eigenvalue weighted by molar-refractivity contribution is 0.900. The van der Waals surface area contributed by atoms with Crippen LogP contribution in [0.4, 0.5) is 5.13 Å². The molecule has 2 rings (SSSR count). The smallest absolute Gasteiger partial charge is 0.185 e. The quantitative estimate of drug-likeness (QED) is 0.900. The van der Waals surface area contributed by atoms with Gasteiger partial charge in [-0.2, -0.15) is 0 Å². The van der Waals surface area contributed by atoms with Crippen LogP contribution in [-0.4, -0.2) is 12.0 Å². The number of hydrogen-bond donors (Lipinski definition) is 1. The van der Waals surface area contributed by atoms with Gasteiger partial charge in [-0.25, -0.2) is 4.98 Å². The van der Waals surface area contributed by atoms with Crippen molar-refractivity contribution < 1.29 is 0 Å². The standard InChI is InChI=1S/C14H19N3S/c1-3-12-13(9-15)18-14(16-12)17(2)10-11-7-5-4-6-8-11/h4-8H,3,9-10,15H2,1-2H3. The molecule has 4 heteroatoms. The normalized spacial score (nSPS) is 10.6. The first-order valence-electron chi connectivity index (χ1n) is 6.18. The zero-order valence-corrected chi connectivity index (χ0v) is 11.7. The van der Waals surface area contributed by atoms with Gasteiger partial charge in [-0.1, -0.05) is 37.3 Å². The number of aryl methyl sites for hydroxylation is 1. The molecule has 1 heterocycles. The topological polar surface area (TPSA) is 42.2 Å². The maximum absolute atomic E-state index is 5.74. The predicted octanol–water partition coefficient (Wildman–Crippen LogP) is 2.80. The highest BCUT2D eigenvalue weighted by atomic mass is 32.1. The molecular weight excluding hydrogens is 242 g/mol. The van der Waals surface area contributed by atoms with Crippen LogP contribution >= 0.6 is 11.3 Å². The monoisotopic (exact) mass is 261 g/mol. The Labute approximate surface area is 112 Å². The molecule has 2 aromatic rings. The Morgan fingerprint density at radius 3 is 2.56 bits per heavy atom. The summed E-state index contributed by atoms with van der Waals surface area (Å²) in [4.78, 5) is 8.04. The molecule has 2 N–H and O–H groups in total. The Hall–Kier alpha value is -1.39. The van der Waals surface area contributed by atoms with Gasteiger partial charge in [0.1, 0.15) is 0 Å². The summed E-state index contributed by atoms with van der Waals surface area (Å²) in [5, 5.41) is 1.05. The van der Waals surface area contributed by atoms with E-state index in [0.29, 0.717) is 6.54 Å². The molecule has 96 valence electrons. The Bertz CT molecular complexity index is 471. The van der Waals surface area contributed by atoms with Crippen LogP contribution in [0.1, 0.15) is 23.1 Å². The van der Waals surface area contributed by atoms with Gasteiger partial charge in [0.05, 0.1) is 5.69 Å². The molecule has 0 amide bonds. The van der Waals surface area contributed by atoms with Crippen molar-refractivity contribution in [2.24, 2.45) is 5.73 Å². The molecule has 0 aliphatic rings. The van der Waals surface area contributed by atoms with Gasteiger partial charge in [-0.05, 0) is 12.0 Å². The molecule has 0 aliphatic carbocycles. The van der Waals surface area contributed by atoms with Crippen LogP contribution in [0.5, 0.6) is 0 Å². The average Bonchev–Trinajstić information content (AvgIpc) is 2.83. The van der Waals surface area contributed by atoms with E-state index in [2.05, 4.69) is 48.1 Å². The Morgan fingerprint density at radius 2 is 2.00 bits per heavy atom. The van der Waals surface area contributed by atoms with Crippen molar-refractivity contribution in [3.8, 4) is 0 Å². The molecule has 18 heavy (non-hydrogen) atoms. The summed E-state index contributed by atoms with van der Waals surface area (Å²) in [6, 6.07) is 10.4. The minimum atomic E-state index is 0.583. The van der Waals surface area contributed by atoms with Crippen molar-refractivity contribution in [2.45, 2.75) is 26.4 Å². The zero-order valence-electron chi connectivity index (χ0n) is 10.9. The van der Waals surface area contributed by atoms with E-state index in [1.807, 2.05) is 6.07 Å². The van der Waals surface area contributed by atoms with E-state index in [1.54, 1.807) is 11.3 Å². The number of anilines is 1. The van der Waals surface area contributed by atoms with Gasteiger partial charge in [-0.15, -0.1) is 11.3 Å². The summed E-state index contributed by atoms with van der Waals surface area (Å²) in [6.45, 7) is 3.58. The maximum Gasteiger partial charge on any atom is 0.185 e. The Morgan fingerprint density at radius 1 is 1.28 bits per heavy atom. The number of nitrogens with two attached hydrogens (primary N) is 1. The SMILES string of the molecule is CCc1nc(N(C)Cc2ccccc2)sc1CN. The molecular formula is C14H19N3S. The summed E-state index contributed by atoms with van der Waals surface area (Å²) < 4.78 is 0. The van der Waals surface area contributed by atoms with Gasteiger partial charge in [0.15, 0.2) is 5.13 Å². The fourth-order valence-electron chi connectivity index (χ4n) is 1.89. The number of rotatable bonds is 5. The van der Waals surface area contributed by atoms with Gasteiger partial charge in [0.25, 0.3) is 0 Å². The Balaban J connectivity index is 2.13. The second-order valence-corrected chi connectivity index (χ2v) is 5.33. The lowest BCUT2D eigenvalue weighted by atomic mass is 10.2. The molecule has 0 radical (unpaired) electrons. The molecule has 3 nitrogen and oxygen atoms in total. The molecule has 0 atom stereocenters. The lowest BCUT2D eigenvalue weighted by Crippen LogP contribution is -2.15. The van der Waals surface area contributed by atoms with E-state index < -0.39 is 0 Å². The number of benzene rings is 1. The maximum atomic E-state index is 5.74. The molecule has 0 unspecified atom stereocenters. The first-order valence-corrected chi connectivity index (χ1v) is 7.00. The van der Waals surface area contributed by atoms with E-state index >= 15 is 0 Å². The van der Waals surface area contributed by atoms with Crippen LogP contribution in [0.25, 0.3) is 0 Å². The molecule has 0 fully saturated rings. The first kappa shape index (κ1) is 13.1. The van der Waals surface area contributed by atoms with Crippen LogP contribution in [0, 0.1) is 0 Å². The predicted molar refractivity (Wildman–Crippen MR) is 77.9 cm³/mol. The summed E-state index contributed by atoms with van der Waals surface area (Å²) in [5.74, 6) is 0. The van der Waals surface area contributed by atoms with E-state index in [9.17, 15) is 0 Å². The number of hydrogen-bond acceptors (Lipinski definition) is 4. The van der Waals surface area contributed by atoms with Crippen molar-refractivity contribution in [3.05, 3.63) is 46.5 Å². The molecule has 0 aliphatic heterocycles. The zero-order chi connectivity index (χ0) is 13.0. The summed E-state index contributed by atoms with van der Waals surface area (Å²) in [7, 11) is 2.07. The molecule has 0 saturated carbocycles. The highest BCUT2D eigenvalue weighted by Gasteiger charge is 2.11. The molecule has 0 bridgehead atoms. The van der Waals surface area contributed by atoms with Crippen LogP contribution in [0.3, 0.4) is 0 Å². The van der Waals surface area contributed by atoms with E-state index in [-0.39, 0.29) is 0 Å². The second-order valence-electron chi connectivity index (χ2n) is 4.27. The summed E-state index contributed by atoms with van der Waals surface area (Å²) in [5.41, 5.74) is 8.17. The molecule has 0 saturated heterocycles. The van der Waals surface area contributed by atoms with Gasteiger partial charge in [-0.3, -0.25) is 0 Å². The number of aromatic nitrogens is 1. The molecule has 0 spiro atoms. The third-order valence-electron chi connectivity index (χ3n) is 2.88. The van der Waals surface area contributed by atoms with Gasteiger partial charge >= 0.3 is 0 Å². The van der Waals surface area contributed by atoms with Crippen LogP contribution in [0.2, 0.25) is 0 Å². The molecule has 1 aromatic carbocycles. The van der Waals surface area contributed by atoms with E-state index in [4.69, 9.17) is 5.73 Å². The van der Waals surface area contributed by atoms with Gasteiger partial charge in [0.2, 0.25) is 0 Å². The highest BCUT2D eigenvalue weighted by Crippen LogP contribution is 2.26. The van der Waals surface area contributed by atoms with Crippen molar-refractivity contribution in [3.63, 3.8) is 0 Å². The van der Waals surface area contributed by atoms with Crippen molar-refractivity contribution in [1.82, 2.24) is 4.98 Å². The summed E-state index contributed by atoms with van der Waals surface area (Å²) in [6.07, 6.45) is 0.947. The van der Waals surface area contributed by atoms with E-state index in [0.717, 1.165) is 23.8 Å². The van der Waals surface area contributed by atoms with E-state index in [1.165, 1.54) is 10.4 Å². The van der Waals surface area contributed by atoms with Crippen molar-refractivity contribution in [1.29, 1.82) is 0 Å². The number of nitrogens with zero attached hydrogens (tertiary/aromatic N) is 2. The Kier molecular flexibility index (Phi) is 4.33. The number of thiazole rings is 1. The minimum Gasteiger partial charge on any atom is -0.347 e. The molecule has 1 aromatic heterocycles.